The number of anilines is 2. The lowest BCUT2D eigenvalue weighted by atomic mass is 10.0. The van der Waals surface area contributed by atoms with Crippen LogP contribution in [0.4, 0.5) is 11.4 Å². The van der Waals surface area contributed by atoms with Gasteiger partial charge in [0.2, 0.25) is 0 Å². The first-order valence-corrected chi connectivity index (χ1v) is 17.8. The van der Waals surface area contributed by atoms with Crippen LogP contribution in [0.1, 0.15) is 6.42 Å². The minimum atomic E-state index is 0.887. The number of para-hydroxylation sites is 1. The van der Waals surface area contributed by atoms with Crippen LogP contribution in [0.25, 0.3) is 58.8 Å². The topological polar surface area (TPSA) is 8.17 Å². The Labute approximate surface area is 296 Å². The molecular formula is C47H34N2S. The fourth-order valence-electron chi connectivity index (χ4n) is 7.19. The summed E-state index contributed by atoms with van der Waals surface area (Å²) in [6.45, 7) is 4.61. The van der Waals surface area contributed by atoms with Crippen LogP contribution in [0, 0.1) is 0 Å². The molecule has 2 heterocycles. The average Bonchev–Trinajstić information content (AvgIpc) is 3.72. The Balaban J connectivity index is 1.23. The number of fused-ring (bicyclic) bond motifs is 7. The predicted molar refractivity (Wildman–Crippen MR) is 217 cm³/mol. The third kappa shape index (κ3) is 5.29. The summed E-state index contributed by atoms with van der Waals surface area (Å²) in [4.78, 5) is 2.27. The summed E-state index contributed by atoms with van der Waals surface area (Å²) in [5.41, 5.74) is 10.2. The standard InChI is InChI=1S/C47H34N2S/c1-33(14-13-17-34-15-5-2-6-16-34)48(38-26-24-36(25-27-38)35-18-7-3-8-19-35)39-28-29-42-44(32-39)49(37-20-9-4-10-21-37)43-31-30-41-40-22-11-12-23-45(40)50-47(41)46(42)43/h2-15,17-32H,1,16H2/b14-13-,34-17-. The number of nitrogens with zero attached hydrogens (tertiary/aromatic N) is 2. The number of hydrogen-bond donors (Lipinski definition) is 0. The highest BCUT2D eigenvalue weighted by Crippen LogP contribution is 2.44. The van der Waals surface area contributed by atoms with Crippen molar-refractivity contribution >= 4 is 64.7 Å². The van der Waals surface area contributed by atoms with Gasteiger partial charge in [-0.2, -0.15) is 0 Å². The van der Waals surface area contributed by atoms with Crippen molar-refractivity contribution in [3.8, 4) is 16.8 Å². The third-order valence-corrected chi connectivity index (χ3v) is 10.8. The number of rotatable bonds is 7. The Morgan fingerprint density at radius 1 is 0.660 bits per heavy atom. The molecule has 0 atom stereocenters. The summed E-state index contributed by atoms with van der Waals surface area (Å²) >= 11 is 1.89. The number of benzene rings is 6. The second-order valence-electron chi connectivity index (χ2n) is 12.6. The highest BCUT2D eigenvalue weighted by molar-refractivity contribution is 7.26. The number of thiophene rings is 1. The molecule has 9 rings (SSSR count). The van der Waals surface area contributed by atoms with Gasteiger partial charge in [0.15, 0.2) is 0 Å². The molecule has 0 saturated carbocycles. The Hall–Kier alpha value is -6.16. The zero-order chi connectivity index (χ0) is 33.4. The highest BCUT2D eigenvalue weighted by Gasteiger charge is 2.20. The molecule has 0 radical (unpaired) electrons. The fraction of sp³-hybridized carbons (Fsp3) is 0.0213. The predicted octanol–water partition coefficient (Wildman–Crippen LogP) is 13.5. The smallest absolute Gasteiger partial charge is 0.0562 e. The highest BCUT2D eigenvalue weighted by atomic mass is 32.1. The van der Waals surface area contributed by atoms with E-state index in [1.165, 1.54) is 53.2 Å². The number of hydrogen-bond acceptors (Lipinski definition) is 2. The summed E-state index contributed by atoms with van der Waals surface area (Å²) in [5, 5.41) is 5.17. The van der Waals surface area contributed by atoms with Crippen LogP contribution in [-0.4, -0.2) is 4.57 Å². The first kappa shape index (κ1) is 29.9. The van der Waals surface area contributed by atoms with Gasteiger partial charge in [-0.25, -0.2) is 0 Å². The molecule has 238 valence electrons. The van der Waals surface area contributed by atoms with Crippen molar-refractivity contribution in [1.29, 1.82) is 0 Å². The maximum absolute atomic E-state index is 4.61. The third-order valence-electron chi connectivity index (χ3n) is 9.56. The van der Waals surface area contributed by atoms with Crippen LogP contribution in [-0.2, 0) is 0 Å². The van der Waals surface area contributed by atoms with E-state index in [0.717, 1.165) is 34.7 Å². The van der Waals surface area contributed by atoms with Crippen molar-refractivity contribution < 1.29 is 0 Å². The molecule has 0 fully saturated rings. The van der Waals surface area contributed by atoms with Crippen LogP contribution in [0.15, 0.2) is 200 Å². The van der Waals surface area contributed by atoms with Gasteiger partial charge >= 0.3 is 0 Å². The van der Waals surface area contributed by atoms with E-state index in [0.29, 0.717) is 0 Å². The van der Waals surface area contributed by atoms with E-state index in [9.17, 15) is 0 Å². The maximum Gasteiger partial charge on any atom is 0.0562 e. The summed E-state index contributed by atoms with van der Waals surface area (Å²) < 4.78 is 5.06. The van der Waals surface area contributed by atoms with Gasteiger partial charge in [0.05, 0.1) is 11.0 Å². The molecule has 0 aliphatic heterocycles. The van der Waals surface area contributed by atoms with Gasteiger partial charge in [0, 0.05) is 53.7 Å². The Kier molecular flexibility index (Phi) is 7.61. The molecule has 0 unspecified atom stereocenters. The summed E-state index contributed by atoms with van der Waals surface area (Å²) in [6.07, 6.45) is 15.9. The molecule has 0 bridgehead atoms. The molecule has 0 spiro atoms. The lowest BCUT2D eigenvalue weighted by Gasteiger charge is -2.26. The molecule has 0 amide bonds. The summed E-state index contributed by atoms with van der Waals surface area (Å²) in [6, 6.07) is 50.3. The molecule has 3 heteroatoms. The van der Waals surface area contributed by atoms with Gasteiger partial charge in [-0.1, -0.05) is 134 Å². The van der Waals surface area contributed by atoms with Crippen LogP contribution >= 0.6 is 11.3 Å². The fourth-order valence-corrected chi connectivity index (χ4v) is 8.45. The molecule has 0 N–H and O–H groups in total. The van der Waals surface area contributed by atoms with Crippen molar-refractivity contribution in [3.63, 3.8) is 0 Å². The van der Waals surface area contributed by atoms with Gasteiger partial charge < -0.3 is 9.47 Å². The molecule has 6 aromatic carbocycles. The minimum absolute atomic E-state index is 0.887. The molecule has 1 aliphatic carbocycles. The van der Waals surface area contributed by atoms with E-state index in [2.05, 4.69) is 198 Å². The summed E-state index contributed by atoms with van der Waals surface area (Å²) in [7, 11) is 0. The van der Waals surface area contributed by atoms with Crippen LogP contribution < -0.4 is 4.90 Å². The first-order chi connectivity index (χ1) is 24.7. The van der Waals surface area contributed by atoms with E-state index in [4.69, 9.17) is 0 Å². The monoisotopic (exact) mass is 658 g/mol. The van der Waals surface area contributed by atoms with Crippen molar-refractivity contribution in [2.75, 3.05) is 4.90 Å². The second-order valence-corrected chi connectivity index (χ2v) is 13.7. The lowest BCUT2D eigenvalue weighted by Crippen LogP contribution is -2.14. The van der Waals surface area contributed by atoms with Crippen LogP contribution in [0.3, 0.4) is 0 Å². The Morgan fingerprint density at radius 3 is 2.18 bits per heavy atom. The zero-order valence-corrected chi connectivity index (χ0v) is 28.4. The second kappa shape index (κ2) is 12.7. The van der Waals surface area contributed by atoms with E-state index in [-0.39, 0.29) is 0 Å². The van der Waals surface area contributed by atoms with Gasteiger partial charge in [-0.05, 0) is 77.7 Å². The van der Waals surface area contributed by atoms with Crippen molar-refractivity contribution in [3.05, 3.63) is 200 Å². The Morgan fingerprint density at radius 2 is 1.38 bits per heavy atom. The molecule has 50 heavy (non-hydrogen) atoms. The van der Waals surface area contributed by atoms with Gasteiger partial charge in [-0.3, -0.25) is 0 Å². The van der Waals surface area contributed by atoms with Crippen LogP contribution in [0.5, 0.6) is 0 Å². The minimum Gasteiger partial charge on any atom is -0.311 e. The van der Waals surface area contributed by atoms with E-state index in [1.54, 1.807) is 0 Å². The van der Waals surface area contributed by atoms with Crippen LogP contribution in [0.2, 0.25) is 0 Å². The quantitative estimate of drug-likeness (QED) is 0.155. The molecule has 2 aromatic heterocycles. The van der Waals surface area contributed by atoms with Gasteiger partial charge in [0.25, 0.3) is 0 Å². The molecule has 1 aliphatic rings. The van der Waals surface area contributed by atoms with Crippen molar-refractivity contribution in [2.24, 2.45) is 0 Å². The number of aromatic nitrogens is 1. The maximum atomic E-state index is 4.61. The van der Waals surface area contributed by atoms with E-state index < -0.39 is 0 Å². The molecule has 0 saturated heterocycles. The molecule has 8 aromatic rings. The largest absolute Gasteiger partial charge is 0.311 e. The first-order valence-electron chi connectivity index (χ1n) is 17.0. The SMILES string of the molecule is C=C(/C=C\C=C1\C=CC=CC1)N(c1ccc(-c2ccccc2)cc1)c1ccc2c3c4sc5ccccc5c4ccc3n(-c3ccccc3)c2c1. The van der Waals surface area contributed by atoms with E-state index in [1.807, 2.05) is 11.3 Å². The van der Waals surface area contributed by atoms with Crippen molar-refractivity contribution in [1.82, 2.24) is 4.57 Å². The molecule has 2 nitrogen and oxygen atoms in total. The zero-order valence-electron chi connectivity index (χ0n) is 27.5. The normalized spacial score (nSPS) is 13.8. The Bertz CT molecular complexity index is 2670. The van der Waals surface area contributed by atoms with Crippen molar-refractivity contribution in [2.45, 2.75) is 6.42 Å². The summed E-state index contributed by atoms with van der Waals surface area (Å²) in [5.74, 6) is 0. The molecular weight excluding hydrogens is 625 g/mol. The van der Waals surface area contributed by atoms with E-state index >= 15 is 0 Å². The van der Waals surface area contributed by atoms with Gasteiger partial charge in [-0.15, -0.1) is 11.3 Å². The lowest BCUT2D eigenvalue weighted by molar-refractivity contribution is 1.17. The number of allylic oxidation sites excluding steroid dienone is 8. The van der Waals surface area contributed by atoms with Gasteiger partial charge in [0.1, 0.15) is 0 Å². The average molecular weight is 659 g/mol.